The third kappa shape index (κ3) is 3.41. The van der Waals surface area contributed by atoms with Crippen LogP contribution in [0.3, 0.4) is 0 Å². The van der Waals surface area contributed by atoms with E-state index < -0.39 is 73.4 Å². The molecule has 13 heteroatoms. The van der Waals surface area contributed by atoms with Gasteiger partial charge in [0.05, 0.1) is 22.5 Å². The van der Waals surface area contributed by atoms with Crippen molar-refractivity contribution in [3.63, 3.8) is 0 Å². The Labute approximate surface area is 376 Å². The Bertz CT molecular complexity index is 3080. The number of ether oxygens (including phenoxy) is 2. The summed E-state index contributed by atoms with van der Waals surface area (Å²) in [5.41, 5.74) is -3.85. The van der Waals surface area contributed by atoms with Crippen LogP contribution in [0.5, 0.6) is 11.5 Å². The van der Waals surface area contributed by atoms with Gasteiger partial charge in [-0.05, 0) is 134 Å². The average molecular weight is 875 g/mol. The molecule has 5 unspecified atom stereocenters. The summed E-state index contributed by atoms with van der Waals surface area (Å²) < 4.78 is 14.3. The first-order valence-corrected chi connectivity index (χ1v) is 24.0. The monoisotopic (exact) mass is 874 g/mol. The Hall–Kier alpha value is -5.59. The molecule has 3 aromatic rings. The van der Waals surface area contributed by atoms with Gasteiger partial charge >= 0.3 is 0 Å². The van der Waals surface area contributed by atoms with Crippen LogP contribution < -0.4 is 14.8 Å². The van der Waals surface area contributed by atoms with Crippen molar-refractivity contribution in [3.8, 4) is 11.5 Å². The van der Waals surface area contributed by atoms with Crippen molar-refractivity contribution in [1.29, 1.82) is 0 Å². The number of nitrogens with zero attached hydrogens (tertiary/aromatic N) is 4. The molecule has 2 aromatic carbocycles. The third-order valence-electron chi connectivity index (χ3n) is 19.9. The van der Waals surface area contributed by atoms with Crippen LogP contribution in [0.4, 0.5) is 5.69 Å². The maximum atomic E-state index is 16.7. The van der Waals surface area contributed by atoms with Gasteiger partial charge in [-0.25, -0.2) is 0 Å². The molecule has 2 N–H and O–H groups in total. The number of aromatic amines is 1. The Morgan fingerprint density at radius 1 is 0.738 bits per heavy atom. The van der Waals surface area contributed by atoms with Gasteiger partial charge in [-0.1, -0.05) is 13.8 Å². The molecule has 14 aliphatic rings. The lowest BCUT2D eigenvalue weighted by molar-refractivity contribution is -0.367. The molecule has 2 aliphatic carbocycles. The molecule has 12 aliphatic heterocycles. The topological polar surface area (TPSA) is 150 Å². The minimum Gasteiger partial charge on any atom is -0.618 e. The standard InChI is InChI=1S/C52H54N6O7/c1-44(2)19-15-25-29(64-44)13-11-27-33-36-50-28-12-14-30-26(16-20-45(3,4)65-30)35(28)58(63)38(50)47(7,8)31-23-48-17-9-21-55(48)42(61)51(31,54-40(48)59)39(50)57-41(60)49-18-10-22-56(49)43(62)52(36,57)32(24-49)46(5,6)37(33)53-34(25)27/h11-16,19-20,31-32,36,39,53H,9-10,17-18,21-24H2,1-8H3,(H,54,59)/t31?,32?,36-,39+,48+,49-,50?,51?,52?/m1/s1. The van der Waals surface area contributed by atoms with E-state index in [-0.39, 0.29) is 23.6 Å². The molecule has 13 heterocycles. The number of H-pyrrole nitrogens is 1. The summed E-state index contributed by atoms with van der Waals surface area (Å²) in [5, 5.41) is 20.9. The molecule has 4 amide bonds. The molecular weight excluding hydrogens is 821 g/mol. The van der Waals surface area contributed by atoms with Crippen LogP contribution >= 0.6 is 0 Å². The Kier molecular flexibility index (Phi) is 5.90. The summed E-state index contributed by atoms with van der Waals surface area (Å²) in [4.78, 5) is 74.5. The van der Waals surface area contributed by atoms with Crippen LogP contribution in [0.15, 0.2) is 36.4 Å². The summed E-state index contributed by atoms with van der Waals surface area (Å²) in [6.07, 6.45) is 11.4. The van der Waals surface area contributed by atoms with Crippen molar-refractivity contribution in [2.24, 2.45) is 17.3 Å². The lowest BCUT2D eigenvalue weighted by Gasteiger charge is -2.70. The van der Waals surface area contributed by atoms with Crippen molar-refractivity contribution in [2.45, 2.75) is 150 Å². The number of piperazine rings is 2. The number of fused-ring (bicyclic) bond motifs is 10. The molecule has 4 bridgehead atoms. The summed E-state index contributed by atoms with van der Waals surface area (Å²) >= 11 is 0. The summed E-state index contributed by atoms with van der Waals surface area (Å²) in [7, 11) is 0. The molecule has 10 fully saturated rings. The highest BCUT2D eigenvalue weighted by Gasteiger charge is 2.95. The number of benzene rings is 2. The van der Waals surface area contributed by atoms with E-state index in [0.717, 1.165) is 38.2 Å². The summed E-state index contributed by atoms with van der Waals surface area (Å²) in [6.45, 7) is 17.5. The van der Waals surface area contributed by atoms with Crippen molar-refractivity contribution >= 4 is 58.1 Å². The molecule has 17 rings (SSSR count). The van der Waals surface area contributed by atoms with E-state index >= 15 is 24.4 Å². The van der Waals surface area contributed by atoms with E-state index in [1.807, 2.05) is 72.7 Å². The van der Waals surface area contributed by atoms with Gasteiger partial charge in [0, 0.05) is 58.5 Å². The van der Waals surface area contributed by atoms with Crippen molar-refractivity contribution in [3.05, 3.63) is 69.6 Å². The van der Waals surface area contributed by atoms with Gasteiger partial charge in [0.25, 0.3) is 5.91 Å². The fraction of sp³-hybridized carbons (Fsp3) is 0.558. The number of nitrogens with one attached hydrogen (secondary N) is 2. The average Bonchev–Trinajstić information content (AvgIpc) is 4.06. The first-order valence-electron chi connectivity index (χ1n) is 24.0. The predicted octanol–water partition coefficient (Wildman–Crippen LogP) is 6.08. The minimum atomic E-state index is -1.66. The van der Waals surface area contributed by atoms with Gasteiger partial charge in [0.15, 0.2) is 5.71 Å². The van der Waals surface area contributed by atoms with Gasteiger partial charge in [-0.2, -0.15) is 4.74 Å². The van der Waals surface area contributed by atoms with E-state index in [2.05, 4.69) is 56.2 Å². The van der Waals surface area contributed by atoms with Gasteiger partial charge in [0.2, 0.25) is 23.4 Å². The first kappa shape index (κ1) is 37.6. The molecule has 65 heavy (non-hydrogen) atoms. The third-order valence-corrected chi connectivity index (χ3v) is 19.9. The number of hydrogen-bond donors (Lipinski definition) is 2. The van der Waals surface area contributed by atoms with E-state index in [4.69, 9.17) is 9.47 Å². The first-order chi connectivity index (χ1) is 30.7. The number of amides is 4. The normalized spacial score (nSPS) is 40.9. The highest BCUT2D eigenvalue weighted by atomic mass is 16.5. The highest BCUT2D eigenvalue weighted by Crippen LogP contribution is 2.80. The zero-order chi connectivity index (χ0) is 44.9. The molecular formula is C52H54N6O7. The molecule has 1 saturated carbocycles. The zero-order valence-electron chi connectivity index (χ0n) is 38.2. The van der Waals surface area contributed by atoms with E-state index in [1.165, 1.54) is 0 Å². The van der Waals surface area contributed by atoms with Gasteiger partial charge in [-0.15, -0.1) is 0 Å². The number of hydrogen-bond acceptors (Lipinski definition) is 7. The number of aromatic nitrogens is 1. The molecule has 9 saturated heterocycles. The summed E-state index contributed by atoms with van der Waals surface area (Å²) in [5.74, 6) is -1.16. The zero-order valence-corrected chi connectivity index (χ0v) is 38.2. The van der Waals surface area contributed by atoms with E-state index in [9.17, 15) is 0 Å². The SMILES string of the molecule is CC1(C)C=Cc2c(ccc3c2[N+]([O-])=C2C(C)(C)C4C[C@]56CCCN5C(=O)C4(NC6=O)[C@H]4N5C(=O)[C@]67CCCN6C(=O)C56C(C7)C(C)(C)c5[nH]c7c8c(ccc7c5[C@@H]6C234)OC(C)(C)C=C8)O1. The maximum absolute atomic E-state index is 16.7. The number of carbonyl (C=O) groups excluding carboxylic acids is 4. The molecule has 1 aromatic heterocycles. The van der Waals surface area contributed by atoms with Crippen LogP contribution in [0.25, 0.3) is 23.1 Å². The van der Waals surface area contributed by atoms with Crippen molar-refractivity contribution in [2.75, 3.05) is 13.1 Å². The number of piperidine rings is 4. The van der Waals surface area contributed by atoms with Crippen molar-refractivity contribution < 1.29 is 33.4 Å². The smallest absolute Gasteiger partial charge is 0.251 e. The second kappa shape index (κ2) is 10.2. The Morgan fingerprint density at radius 2 is 1.37 bits per heavy atom. The van der Waals surface area contributed by atoms with Crippen LogP contribution in [0.1, 0.15) is 128 Å². The Morgan fingerprint density at radius 3 is 2.09 bits per heavy atom. The number of rotatable bonds is 0. The minimum absolute atomic E-state index is 0.101. The number of carbonyl (C=O) groups is 4. The lowest BCUT2D eigenvalue weighted by Crippen LogP contribution is -2.93. The quantitative estimate of drug-likeness (QED) is 0.206. The molecule has 0 radical (unpaired) electrons. The predicted molar refractivity (Wildman–Crippen MR) is 240 cm³/mol. The Balaban J connectivity index is 1.15. The lowest BCUT2D eigenvalue weighted by atomic mass is 9.39. The second-order valence-electron chi connectivity index (χ2n) is 24.1. The second-order valence-corrected chi connectivity index (χ2v) is 24.1. The van der Waals surface area contributed by atoms with Gasteiger partial charge < -0.3 is 39.7 Å². The fourth-order valence-corrected chi connectivity index (χ4v) is 17.8. The van der Waals surface area contributed by atoms with Gasteiger partial charge in [-0.3, -0.25) is 19.2 Å². The van der Waals surface area contributed by atoms with Crippen LogP contribution in [0, 0.1) is 22.5 Å². The maximum Gasteiger partial charge on any atom is 0.251 e. The fourth-order valence-electron chi connectivity index (χ4n) is 17.8. The van der Waals surface area contributed by atoms with Crippen LogP contribution in [0.2, 0.25) is 0 Å². The molecule has 9 atom stereocenters. The summed E-state index contributed by atoms with van der Waals surface area (Å²) in [6, 6.07) is 6.94. The largest absolute Gasteiger partial charge is 0.618 e. The molecule has 5 spiro atoms. The van der Waals surface area contributed by atoms with E-state index in [1.54, 1.807) is 0 Å². The van der Waals surface area contributed by atoms with E-state index in [0.29, 0.717) is 79.9 Å². The van der Waals surface area contributed by atoms with Crippen LogP contribution in [-0.2, 0) is 30.0 Å². The molecule has 334 valence electrons. The molecule has 13 nitrogen and oxygen atoms in total. The highest BCUT2D eigenvalue weighted by molar-refractivity contribution is 6.18. The van der Waals surface area contributed by atoms with Gasteiger partial charge in [0.1, 0.15) is 50.3 Å². The van der Waals surface area contributed by atoms with Crippen molar-refractivity contribution in [1.82, 2.24) is 25.0 Å². The van der Waals surface area contributed by atoms with Crippen LogP contribution in [-0.4, -0.2) is 106 Å².